The van der Waals surface area contributed by atoms with E-state index in [2.05, 4.69) is 10.6 Å². The van der Waals surface area contributed by atoms with Crippen LogP contribution in [0.15, 0.2) is 0 Å². The molecule has 1 aliphatic rings. The van der Waals surface area contributed by atoms with Crippen LogP contribution in [-0.4, -0.2) is 25.0 Å². The summed E-state index contributed by atoms with van der Waals surface area (Å²) in [5.74, 6) is 0.305. The molecule has 4 N–H and O–H groups in total. The van der Waals surface area contributed by atoms with E-state index in [0.29, 0.717) is 13.1 Å². The predicted octanol–water partition coefficient (Wildman–Crippen LogP) is -0.819. The standard InChI is InChI=1S/C7H13N3O2/c8-7(12)10-4-3-9-6(11)5-1-2-5/h5H,1-4H2,(H,9,11)(H3,8,10,12). The van der Waals surface area contributed by atoms with Gasteiger partial charge in [-0.1, -0.05) is 0 Å². The van der Waals surface area contributed by atoms with E-state index < -0.39 is 6.03 Å². The minimum Gasteiger partial charge on any atom is -0.354 e. The molecule has 1 rings (SSSR count). The van der Waals surface area contributed by atoms with Crippen molar-refractivity contribution >= 4 is 11.9 Å². The molecule has 0 bridgehead atoms. The average molecular weight is 171 g/mol. The molecule has 1 saturated carbocycles. The Morgan fingerprint density at radius 3 is 2.33 bits per heavy atom. The van der Waals surface area contributed by atoms with Crippen molar-refractivity contribution in [3.8, 4) is 0 Å². The maximum atomic E-state index is 11.0. The molecule has 0 atom stereocenters. The number of amides is 3. The Bertz CT molecular complexity index is 189. The second kappa shape index (κ2) is 3.94. The highest BCUT2D eigenvalue weighted by Gasteiger charge is 2.28. The monoisotopic (exact) mass is 171 g/mol. The van der Waals surface area contributed by atoms with Crippen molar-refractivity contribution in [2.24, 2.45) is 11.7 Å². The number of urea groups is 1. The van der Waals surface area contributed by atoms with Gasteiger partial charge in [-0.15, -0.1) is 0 Å². The fourth-order valence-electron chi connectivity index (χ4n) is 0.861. The summed E-state index contributed by atoms with van der Waals surface area (Å²) < 4.78 is 0. The summed E-state index contributed by atoms with van der Waals surface area (Å²) in [7, 11) is 0. The molecule has 0 heterocycles. The Morgan fingerprint density at radius 2 is 1.83 bits per heavy atom. The van der Waals surface area contributed by atoms with Gasteiger partial charge in [-0.25, -0.2) is 4.79 Å². The second-order valence-corrected chi connectivity index (χ2v) is 2.86. The van der Waals surface area contributed by atoms with E-state index in [1.54, 1.807) is 0 Å². The van der Waals surface area contributed by atoms with Gasteiger partial charge in [0.15, 0.2) is 0 Å². The molecule has 5 heteroatoms. The lowest BCUT2D eigenvalue weighted by Gasteiger charge is -2.03. The summed E-state index contributed by atoms with van der Waals surface area (Å²) in [4.78, 5) is 21.2. The van der Waals surface area contributed by atoms with Gasteiger partial charge in [-0.05, 0) is 12.8 Å². The third-order valence-corrected chi connectivity index (χ3v) is 1.67. The number of nitrogens with two attached hydrogens (primary N) is 1. The first-order valence-electron chi connectivity index (χ1n) is 4.01. The molecule has 5 nitrogen and oxygen atoms in total. The summed E-state index contributed by atoms with van der Waals surface area (Å²) >= 11 is 0. The SMILES string of the molecule is NC(=O)NCCNC(=O)C1CC1. The molecule has 0 radical (unpaired) electrons. The summed E-state index contributed by atoms with van der Waals surface area (Å²) in [6, 6.07) is -0.560. The number of primary amides is 1. The lowest BCUT2D eigenvalue weighted by Crippen LogP contribution is -2.37. The molecular formula is C7H13N3O2. The van der Waals surface area contributed by atoms with E-state index in [0.717, 1.165) is 12.8 Å². The molecule has 0 aromatic rings. The van der Waals surface area contributed by atoms with E-state index >= 15 is 0 Å². The molecule has 0 aromatic carbocycles. The van der Waals surface area contributed by atoms with E-state index in [9.17, 15) is 9.59 Å². The highest BCUT2D eigenvalue weighted by atomic mass is 16.2. The summed E-state index contributed by atoms with van der Waals surface area (Å²) in [6.07, 6.45) is 1.99. The fraction of sp³-hybridized carbons (Fsp3) is 0.714. The minimum absolute atomic E-state index is 0.0845. The number of hydrogen-bond donors (Lipinski definition) is 3. The Morgan fingerprint density at radius 1 is 1.25 bits per heavy atom. The van der Waals surface area contributed by atoms with Gasteiger partial charge in [-0.3, -0.25) is 4.79 Å². The second-order valence-electron chi connectivity index (χ2n) is 2.86. The fourth-order valence-corrected chi connectivity index (χ4v) is 0.861. The van der Waals surface area contributed by atoms with Crippen LogP contribution in [0.4, 0.5) is 4.79 Å². The molecule has 68 valence electrons. The van der Waals surface area contributed by atoms with Crippen molar-refractivity contribution < 1.29 is 9.59 Å². The van der Waals surface area contributed by atoms with Crippen LogP contribution in [0.3, 0.4) is 0 Å². The Hall–Kier alpha value is -1.26. The molecule has 0 aromatic heterocycles. The van der Waals surface area contributed by atoms with Gasteiger partial charge >= 0.3 is 6.03 Å². The number of carbonyl (C=O) groups excluding carboxylic acids is 2. The average Bonchev–Trinajstić information content (AvgIpc) is 2.79. The first-order chi connectivity index (χ1) is 5.70. The highest BCUT2D eigenvalue weighted by molar-refractivity contribution is 5.80. The molecule has 1 aliphatic carbocycles. The van der Waals surface area contributed by atoms with Crippen molar-refractivity contribution in [1.29, 1.82) is 0 Å². The quantitative estimate of drug-likeness (QED) is 0.483. The third-order valence-electron chi connectivity index (χ3n) is 1.67. The van der Waals surface area contributed by atoms with Gasteiger partial charge in [0.1, 0.15) is 0 Å². The summed E-state index contributed by atoms with van der Waals surface area (Å²) in [5, 5.41) is 5.08. The van der Waals surface area contributed by atoms with Crippen LogP contribution < -0.4 is 16.4 Å². The molecular weight excluding hydrogens is 158 g/mol. The Balaban J connectivity index is 1.94. The smallest absolute Gasteiger partial charge is 0.312 e. The Labute approximate surface area is 70.7 Å². The number of hydrogen-bond acceptors (Lipinski definition) is 2. The lowest BCUT2D eigenvalue weighted by atomic mass is 10.4. The zero-order chi connectivity index (χ0) is 8.97. The van der Waals surface area contributed by atoms with Crippen LogP contribution in [0.25, 0.3) is 0 Å². The first kappa shape index (κ1) is 8.83. The molecule has 0 aliphatic heterocycles. The van der Waals surface area contributed by atoms with Crippen molar-refractivity contribution in [2.75, 3.05) is 13.1 Å². The van der Waals surface area contributed by atoms with Crippen molar-refractivity contribution in [1.82, 2.24) is 10.6 Å². The van der Waals surface area contributed by atoms with Crippen molar-refractivity contribution in [2.45, 2.75) is 12.8 Å². The molecule has 12 heavy (non-hydrogen) atoms. The minimum atomic E-state index is -0.560. The van der Waals surface area contributed by atoms with Gasteiger partial charge in [0.05, 0.1) is 0 Å². The number of nitrogens with one attached hydrogen (secondary N) is 2. The van der Waals surface area contributed by atoms with Gasteiger partial charge in [0, 0.05) is 19.0 Å². The van der Waals surface area contributed by atoms with Gasteiger partial charge in [0.25, 0.3) is 0 Å². The van der Waals surface area contributed by atoms with Crippen molar-refractivity contribution in [3.05, 3.63) is 0 Å². The molecule has 1 fully saturated rings. The van der Waals surface area contributed by atoms with E-state index in [1.165, 1.54) is 0 Å². The maximum absolute atomic E-state index is 11.0. The van der Waals surface area contributed by atoms with E-state index in [4.69, 9.17) is 5.73 Å². The van der Waals surface area contributed by atoms with Crippen LogP contribution in [0, 0.1) is 5.92 Å². The van der Waals surface area contributed by atoms with Gasteiger partial charge in [0.2, 0.25) is 5.91 Å². The van der Waals surface area contributed by atoms with Crippen LogP contribution >= 0.6 is 0 Å². The molecule has 3 amide bonds. The zero-order valence-corrected chi connectivity index (χ0v) is 6.80. The zero-order valence-electron chi connectivity index (χ0n) is 6.80. The number of carbonyl (C=O) groups is 2. The predicted molar refractivity (Wildman–Crippen MR) is 43.3 cm³/mol. The maximum Gasteiger partial charge on any atom is 0.312 e. The first-order valence-corrected chi connectivity index (χ1v) is 4.01. The van der Waals surface area contributed by atoms with E-state index in [1.807, 2.05) is 0 Å². The highest BCUT2D eigenvalue weighted by Crippen LogP contribution is 2.28. The normalized spacial score (nSPS) is 15.3. The van der Waals surface area contributed by atoms with Crippen LogP contribution in [0.2, 0.25) is 0 Å². The van der Waals surface area contributed by atoms with E-state index in [-0.39, 0.29) is 11.8 Å². The Kier molecular flexibility index (Phi) is 2.90. The number of rotatable bonds is 4. The molecule has 0 spiro atoms. The third kappa shape index (κ3) is 3.23. The van der Waals surface area contributed by atoms with Gasteiger partial charge in [-0.2, -0.15) is 0 Å². The molecule has 0 unspecified atom stereocenters. The summed E-state index contributed by atoms with van der Waals surface area (Å²) in [6.45, 7) is 0.853. The largest absolute Gasteiger partial charge is 0.354 e. The van der Waals surface area contributed by atoms with Gasteiger partial charge < -0.3 is 16.4 Å². The topological polar surface area (TPSA) is 84.2 Å². The van der Waals surface area contributed by atoms with Crippen LogP contribution in [0.5, 0.6) is 0 Å². The molecule has 0 saturated heterocycles. The summed E-state index contributed by atoms with van der Waals surface area (Å²) in [5.41, 5.74) is 4.82. The lowest BCUT2D eigenvalue weighted by molar-refractivity contribution is -0.122. The van der Waals surface area contributed by atoms with Crippen LogP contribution in [-0.2, 0) is 4.79 Å². The van der Waals surface area contributed by atoms with Crippen molar-refractivity contribution in [3.63, 3.8) is 0 Å². The van der Waals surface area contributed by atoms with Crippen LogP contribution in [0.1, 0.15) is 12.8 Å².